The second kappa shape index (κ2) is 7.49. The SMILES string of the molecule is CCC=CC(=O)OC1CCC(c2ccc(Cl)cc2)CC1. The molecule has 0 aromatic heterocycles. The molecular weight excluding hydrogens is 272 g/mol. The zero-order chi connectivity index (χ0) is 14.4. The van der Waals surface area contributed by atoms with Crippen molar-refractivity contribution in [3.05, 3.63) is 47.0 Å². The van der Waals surface area contributed by atoms with Crippen LogP contribution in [-0.4, -0.2) is 12.1 Å². The number of carbonyl (C=O) groups excluding carboxylic acids is 1. The Bertz CT molecular complexity index is 456. The summed E-state index contributed by atoms with van der Waals surface area (Å²) in [5.74, 6) is 0.357. The highest BCUT2D eigenvalue weighted by atomic mass is 35.5. The smallest absolute Gasteiger partial charge is 0.330 e. The molecule has 0 N–H and O–H groups in total. The van der Waals surface area contributed by atoms with Gasteiger partial charge in [-0.3, -0.25) is 0 Å². The predicted molar refractivity (Wildman–Crippen MR) is 82.0 cm³/mol. The molecular formula is C17H21ClO2. The third-order valence-electron chi connectivity index (χ3n) is 3.79. The molecule has 1 aromatic carbocycles. The molecule has 3 heteroatoms. The van der Waals surface area contributed by atoms with Gasteiger partial charge in [-0.25, -0.2) is 4.79 Å². The molecule has 0 radical (unpaired) electrons. The van der Waals surface area contributed by atoms with Gasteiger partial charge in [0.15, 0.2) is 0 Å². The van der Waals surface area contributed by atoms with Gasteiger partial charge in [-0.05, 0) is 55.7 Å². The number of ether oxygens (including phenoxy) is 1. The van der Waals surface area contributed by atoms with Crippen LogP contribution in [0.2, 0.25) is 5.02 Å². The molecule has 2 rings (SSSR count). The number of hydrogen-bond acceptors (Lipinski definition) is 2. The molecule has 0 heterocycles. The maximum atomic E-state index is 11.5. The molecule has 0 unspecified atom stereocenters. The quantitative estimate of drug-likeness (QED) is 0.584. The van der Waals surface area contributed by atoms with Gasteiger partial charge < -0.3 is 4.74 Å². The Morgan fingerprint density at radius 1 is 1.25 bits per heavy atom. The van der Waals surface area contributed by atoms with Gasteiger partial charge in [0, 0.05) is 11.1 Å². The largest absolute Gasteiger partial charge is 0.459 e. The first-order valence-electron chi connectivity index (χ1n) is 7.31. The Labute approximate surface area is 125 Å². The molecule has 1 saturated carbocycles. The molecule has 0 atom stereocenters. The van der Waals surface area contributed by atoms with Crippen LogP contribution in [0.4, 0.5) is 0 Å². The Balaban J connectivity index is 1.81. The first kappa shape index (κ1) is 15.1. The van der Waals surface area contributed by atoms with Crippen molar-refractivity contribution in [2.75, 3.05) is 0 Å². The minimum Gasteiger partial charge on any atom is -0.459 e. The zero-order valence-corrected chi connectivity index (χ0v) is 12.6. The first-order chi connectivity index (χ1) is 9.69. The van der Waals surface area contributed by atoms with Gasteiger partial charge in [0.2, 0.25) is 0 Å². The highest BCUT2D eigenvalue weighted by molar-refractivity contribution is 6.30. The molecule has 20 heavy (non-hydrogen) atoms. The normalized spacial score (nSPS) is 22.9. The van der Waals surface area contributed by atoms with Gasteiger partial charge in [0.25, 0.3) is 0 Å². The van der Waals surface area contributed by atoms with E-state index in [0.29, 0.717) is 5.92 Å². The summed E-state index contributed by atoms with van der Waals surface area (Å²) in [4.78, 5) is 11.5. The molecule has 0 aliphatic heterocycles. The monoisotopic (exact) mass is 292 g/mol. The van der Waals surface area contributed by atoms with Crippen LogP contribution < -0.4 is 0 Å². The number of hydrogen-bond donors (Lipinski definition) is 0. The molecule has 1 aliphatic rings. The van der Waals surface area contributed by atoms with Gasteiger partial charge in [0.05, 0.1) is 0 Å². The van der Waals surface area contributed by atoms with Crippen molar-refractivity contribution in [1.82, 2.24) is 0 Å². The topological polar surface area (TPSA) is 26.3 Å². The summed E-state index contributed by atoms with van der Waals surface area (Å²) in [5, 5.41) is 0.777. The van der Waals surface area contributed by atoms with Crippen molar-refractivity contribution in [3.63, 3.8) is 0 Å². The van der Waals surface area contributed by atoms with Gasteiger partial charge in [-0.2, -0.15) is 0 Å². The van der Waals surface area contributed by atoms with E-state index >= 15 is 0 Å². The van der Waals surface area contributed by atoms with Gasteiger partial charge in [0.1, 0.15) is 6.10 Å². The molecule has 1 fully saturated rings. The Morgan fingerprint density at radius 2 is 1.90 bits per heavy atom. The lowest BCUT2D eigenvalue weighted by Gasteiger charge is -2.28. The molecule has 1 aliphatic carbocycles. The second-order valence-corrected chi connectivity index (χ2v) is 5.71. The summed E-state index contributed by atoms with van der Waals surface area (Å²) in [6.07, 6.45) is 8.32. The molecule has 0 amide bonds. The van der Waals surface area contributed by atoms with Gasteiger partial charge in [-0.15, -0.1) is 0 Å². The van der Waals surface area contributed by atoms with Crippen molar-refractivity contribution >= 4 is 17.6 Å². The van der Waals surface area contributed by atoms with Crippen molar-refractivity contribution in [1.29, 1.82) is 0 Å². The van der Waals surface area contributed by atoms with E-state index in [1.807, 2.05) is 25.1 Å². The average molecular weight is 293 g/mol. The lowest BCUT2D eigenvalue weighted by Crippen LogP contribution is -2.23. The standard InChI is InChI=1S/C17H21ClO2/c1-2-3-4-17(19)20-16-11-7-14(8-12-16)13-5-9-15(18)10-6-13/h3-6,9-10,14,16H,2,7-8,11-12H2,1H3. The van der Waals surface area contributed by atoms with Crippen molar-refractivity contribution in [3.8, 4) is 0 Å². The van der Waals surface area contributed by atoms with E-state index in [2.05, 4.69) is 12.1 Å². The van der Waals surface area contributed by atoms with E-state index in [4.69, 9.17) is 16.3 Å². The lowest BCUT2D eigenvalue weighted by atomic mass is 9.83. The van der Waals surface area contributed by atoms with Crippen LogP contribution in [0.15, 0.2) is 36.4 Å². The third-order valence-corrected chi connectivity index (χ3v) is 4.04. The van der Waals surface area contributed by atoms with Crippen LogP contribution in [0.3, 0.4) is 0 Å². The number of allylic oxidation sites excluding steroid dienone is 1. The second-order valence-electron chi connectivity index (χ2n) is 5.27. The van der Waals surface area contributed by atoms with E-state index in [0.717, 1.165) is 37.1 Å². The lowest BCUT2D eigenvalue weighted by molar-refractivity contribution is -0.144. The van der Waals surface area contributed by atoms with Crippen LogP contribution in [0.5, 0.6) is 0 Å². The van der Waals surface area contributed by atoms with Crippen LogP contribution in [0.1, 0.15) is 50.5 Å². The van der Waals surface area contributed by atoms with Crippen LogP contribution >= 0.6 is 11.6 Å². The van der Waals surface area contributed by atoms with E-state index in [-0.39, 0.29) is 12.1 Å². The Kier molecular flexibility index (Phi) is 5.66. The Morgan fingerprint density at radius 3 is 2.50 bits per heavy atom. The summed E-state index contributed by atoms with van der Waals surface area (Å²) in [6, 6.07) is 8.09. The molecule has 0 spiro atoms. The molecule has 2 nitrogen and oxygen atoms in total. The maximum Gasteiger partial charge on any atom is 0.330 e. The van der Waals surface area contributed by atoms with E-state index in [1.54, 1.807) is 0 Å². The molecule has 108 valence electrons. The summed E-state index contributed by atoms with van der Waals surface area (Å²) < 4.78 is 5.45. The van der Waals surface area contributed by atoms with E-state index in [9.17, 15) is 4.79 Å². The fourth-order valence-electron chi connectivity index (χ4n) is 2.67. The fourth-order valence-corrected chi connectivity index (χ4v) is 2.79. The predicted octanol–water partition coefficient (Wildman–Crippen LogP) is 4.88. The Hall–Kier alpha value is -1.28. The van der Waals surface area contributed by atoms with Gasteiger partial charge in [-0.1, -0.05) is 36.7 Å². The number of benzene rings is 1. The summed E-state index contributed by atoms with van der Waals surface area (Å²) >= 11 is 5.91. The number of halogens is 1. The number of carbonyl (C=O) groups is 1. The van der Waals surface area contributed by atoms with Crippen molar-refractivity contribution < 1.29 is 9.53 Å². The first-order valence-corrected chi connectivity index (χ1v) is 7.69. The van der Waals surface area contributed by atoms with E-state index in [1.165, 1.54) is 11.6 Å². The van der Waals surface area contributed by atoms with Crippen molar-refractivity contribution in [2.24, 2.45) is 0 Å². The summed E-state index contributed by atoms with van der Waals surface area (Å²) in [7, 11) is 0. The van der Waals surface area contributed by atoms with E-state index < -0.39 is 0 Å². The van der Waals surface area contributed by atoms with Crippen LogP contribution in [-0.2, 0) is 9.53 Å². The minimum atomic E-state index is -0.207. The molecule has 1 aromatic rings. The van der Waals surface area contributed by atoms with Crippen LogP contribution in [0.25, 0.3) is 0 Å². The number of esters is 1. The summed E-state index contributed by atoms with van der Waals surface area (Å²) in [5.41, 5.74) is 1.34. The molecule has 0 bridgehead atoms. The zero-order valence-electron chi connectivity index (χ0n) is 11.8. The number of rotatable bonds is 4. The summed E-state index contributed by atoms with van der Waals surface area (Å²) in [6.45, 7) is 2.00. The highest BCUT2D eigenvalue weighted by Gasteiger charge is 2.24. The third kappa shape index (κ3) is 4.38. The minimum absolute atomic E-state index is 0.0764. The van der Waals surface area contributed by atoms with Gasteiger partial charge >= 0.3 is 5.97 Å². The maximum absolute atomic E-state index is 11.5. The van der Waals surface area contributed by atoms with Crippen molar-refractivity contribution in [2.45, 2.75) is 51.0 Å². The molecule has 0 saturated heterocycles. The average Bonchev–Trinajstić information content (AvgIpc) is 2.47. The van der Waals surface area contributed by atoms with Crippen LogP contribution in [0, 0.1) is 0 Å². The fraction of sp³-hybridized carbons (Fsp3) is 0.471. The highest BCUT2D eigenvalue weighted by Crippen LogP contribution is 2.34.